The Labute approximate surface area is 177 Å². The van der Waals surface area contributed by atoms with Crippen molar-refractivity contribution in [3.8, 4) is 0 Å². The molecule has 0 fully saturated rings. The summed E-state index contributed by atoms with van der Waals surface area (Å²) < 4.78 is 0. The van der Waals surface area contributed by atoms with Crippen molar-refractivity contribution in [2.24, 2.45) is 0 Å². The van der Waals surface area contributed by atoms with Gasteiger partial charge in [-0.1, -0.05) is 36.0 Å². The summed E-state index contributed by atoms with van der Waals surface area (Å²) in [6.45, 7) is 4.92. The standard InChI is InChI=1S/C23H20N2O2S2/c1-14-17(24-15(2)26)12-13-22(23(14)25-16(3)27)29-20-10-6-4-8-18(20)28-19-9-5-7-11-21(19)29/h4-13H,1-3H3,(H-,24,25,26,27)/p+1. The number of rotatable bonds is 3. The molecule has 1 aliphatic heterocycles. The highest BCUT2D eigenvalue weighted by Gasteiger charge is 2.40. The molecular formula is C23H21N2O2S2+. The molecule has 146 valence electrons. The van der Waals surface area contributed by atoms with E-state index in [1.54, 1.807) is 11.8 Å². The average Bonchev–Trinajstić information content (AvgIpc) is 2.69. The highest BCUT2D eigenvalue weighted by molar-refractivity contribution is 8.04. The van der Waals surface area contributed by atoms with Gasteiger partial charge in [0, 0.05) is 25.1 Å². The molecule has 0 aliphatic carbocycles. The third kappa shape index (κ3) is 3.78. The van der Waals surface area contributed by atoms with Gasteiger partial charge in [-0.2, -0.15) is 0 Å². The third-order valence-electron chi connectivity index (χ3n) is 4.62. The molecule has 6 heteroatoms. The van der Waals surface area contributed by atoms with Gasteiger partial charge in [0.15, 0.2) is 14.7 Å². The van der Waals surface area contributed by atoms with Crippen LogP contribution in [0.1, 0.15) is 19.4 Å². The summed E-state index contributed by atoms with van der Waals surface area (Å²) in [6, 6.07) is 20.8. The van der Waals surface area contributed by atoms with Crippen molar-refractivity contribution in [2.45, 2.75) is 45.2 Å². The summed E-state index contributed by atoms with van der Waals surface area (Å²) in [4.78, 5) is 29.6. The second-order valence-electron chi connectivity index (χ2n) is 6.78. The van der Waals surface area contributed by atoms with Gasteiger partial charge in [-0.05, 0) is 43.3 Å². The molecule has 4 nitrogen and oxygen atoms in total. The first-order valence-electron chi connectivity index (χ1n) is 9.24. The van der Waals surface area contributed by atoms with Crippen molar-refractivity contribution in [3.05, 3.63) is 66.2 Å². The van der Waals surface area contributed by atoms with Crippen LogP contribution in [0.5, 0.6) is 0 Å². The lowest BCUT2D eigenvalue weighted by Gasteiger charge is -2.22. The smallest absolute Gasteiger partial charge is 0.221 e. The third-order valence-corrected chi connectivity index (χ3v) is 8.40. The lowest BCUT2D eigenvalue weighted by molar-refractivity contribution is -0.115. The second-order valence-corrected chi connectivity index (χ2v) is 9.79. The van der Waals surface area contributed by atoms with Gasteiger partial charge in [-0.25, -0.2) is 0 Å². The van der Waals surface area contributed by atoms with E-state index in [1.807, 2.05) is 19.1 Å². The van der Waals surface area contributed by atoms with Gasteiger partial charge in [0.2, 0.25) is 11.8 Å². The Morgan fingerprint density at radius 1 is 0.759 bits per heavy atom. The quantitative estimate of drug-likeness (QED) is 0.431. The van der Waals surface area contributed by atoms with Gasteiger partial charge in [-0.15, -0.1) is 0 Å². The van der Waals surface area contributed by atoms with E-state index in [0.29, 0.717) is 5.69 Å². The molecule has 3 aromatic carbocycles. The topological polar surface area (TPSA) is 58.2 Å². The predicted octanol–water partition coefficient (Wildman–Crippen LogP) is 5.47. The molecule has 4 rings (SSSR count). The predicted molar refractivity (Wildman–Crippen MR) is 119 cm³/mol. The highest BCUT2D eigenvalue weighted by Crippen LogP contribution is 2.50. The van der Waals surface area contributed by atoms with Crippen LogP contribution >= 0.6 is 11.8 Å². The number of nitrogens with one attached hydrogen (secondary N) is 2. The molecular weight excluding hydrogens is 400 g/mol. The van der Waals surface area contributed by atoms with Gasteiger partial charge in [0.1, 0.15) is 16.6 Å². The molecule has 0 unspecified atom stereocenters. The summed E-state index contributed by atoms with van der Waals surface area (Å²) in [6.07, 6.45) is 0. The first kappa shape index (κ1) is 19.6. The molecule has 0 aromatic heterocycles. The zero-order valence-electron chi connectivity index (χ0n) is 16.4. The fourth-order valence-electron chi connectivity index (χ4n) is 3.39. The van der Waals surface area contributed by atoms with E-state index < -0.39 is 0 Å². The lowest BCUT2D eigenvalue weighted by Crippen LogP contribution is -2.17. The van der Waals surface area contributed by atoms with Crippen LogP contribution in [0.15, 0.2) is 85.1 Å². The molecule has 29 heavy (non-hydrogen) atoms. The number of anilines is 2. The van der Waals surface area contributed by atoms with Gasteiger partial charge in [0.25, 0.3) is 0 Å². The maximum absolute atomic E-state index is 12.0. The molecule has 0 saturated heterocycles. The van der Waals surface area contributed by atoms with Gasteiger partial charge < -0.3 is 10.6 Å². The molecule has 0 saturated carbocycles. The Morgan fingerprint density at radius 3 is 1.86 bits per heavy atom. The summed E-state index contributed by atoms with van der Waals surface area (Å²) in [7, 11) is -0.365. The molecule has 0 spiro atoms. The van der Waals surface area contributed by atoms with E-state index in [-0.39, 0.29) is 22.7 Å². The largest absolute Gasteiger partial charge is 0.326 e. The lowest BCUT2D eigenvalue weighted by atomic mass is 10.1. The normalized spacial score (nSPS) is 12.7. The van der Waals surface area contributed by atoms with E-state index >= 15 is 0 Å². The maximum Gasteiger partial charge on any atom is 0.221 e. The number of benzene rings is 3. The van der Waals surface area contributed by atoms with E-state index in [9.17, 15) is 9.59 Å². The van der Waals surface area contributed by atoms with Crippen LogP contribution in [0.25, 0.3) is 0 Å². The van der Waals surface area contributed by atoms with E-state index in [1.165, 1.54) is 33.4 Å². The number of hydrogen-bond donors (Lipinski definition) is 2. The fourth-order valence-corrected chi connectivity index (χ4v) is 7.30. The first-order valence-corrected chi connectivity index (χ1v) is 11.3. The zero-order chi connectivity index (χ0) is 20.5. The van der Waals surface area contributed by atoms with Gasteiger partial charge in [-0.3, -0.25) is 9.59 Å². The monoisotopic (exact) mass is 421 g/mol. The molecule has 3 aromatic rings. The van der Waals surface area contributed by atoms with Crippen LogP contribution in [0.4, 0.5) is 11.4 Å². The summed E-state index contributed by atoms with van der Waals surface area (Å²) in [5.74, 6) is -0.271. The van der Waals surface area contributed by atoms with E-state index in [0.717, 1.165) is 16.1 Å². The van der Waals surface area contributed by atoms with E-state index in [4.69, 9.17) is 0 Å². The van der Waals surface area contributed by atoms with Crippen LogP contribution < -0.4 is 10.6 Å². The maximum atomic E-state index is 12.0. The van der Waals surface area contributed by atoms with Crippen molar-refractivity contribution in [3.63, 3.8) is 0 Å². The molecule has 1 aliphatic rings. The van der Waals surface area contributed by atoms with E-state index in [2.05, 4.69) is 59.2 Å². The average molecular weight is 422 g/mol. The molecule has 0 atom stereocenters. The van der Waals surface area contributed by atoms with Crippen LogP contribution in [0.3, 0.4) is 0 Å². The Morgan fingerprint density at radius 2 is 1.31 bits per heavy atom. The van der Waals surface area contributed by atoms with Gasteiger partial charge in [0.05, 0.1) is 9.79 Å². The van der Waals surface area contributed by atoms with Crippen molar-refractivity contribution in [1.29, 1.82) is 0 Å². The van der Waals surface area contributed by atoms with Crippen molar-refractivity contribution < 1.29 is 9.59 Å². The minimum Gasteiger partial charge on any atom is -0.326 e. The minimum atomic E-state index is -0.365. The molecule has 0 radical (unpaired) electrons. The SMILES string of the molecule is CC(=O)Nc1ccc([S+]2c3ccccc3Sc3ccccc32)c(NC(C)=O)c1C. The first-order chi connectivity index (χ1) is 14.0. The number of hydrogen-bond acceptors (Lipinski definition) is 3. The molecule has 2 N–H and O–H groups in total. The Bertz CT molecular complexity index is 1080. The molecule has 2 amide bonds. The van der Waals surface area contributed by atoms with Gasteiger partial charge >= 0.3 is 0 Å². The Kier molecular flexibility index (Phi) is 5.39. The Hall–Kier alpha value is -2.70. The molecule has 0 bridgehead atoms. The highest BCUT2D eigenvalue weighted by atomic mass is 32.2. The van der Waals surface area contributed by atoms with Crippen LogP contribution in [0, 0.1) is 6.92 Å². The number of amides is 2. The number of carbonyl (C=O) groups excluding carboxylic acids is 2. The van der Waals surface area contributed by atoms with Crippen molar-refractivity contribution in [1.82, 2.24) is 0 Å². The van der Waals surface area contributed by atoms with Crippen LogP contribution in [-0.2, 0) is 20.5 Å². The Balaban J connectivity index is 1.96. The number of fused-ring (bicyclic) bond motifs is 2. The van der Waals surface area contributed by atoms with Crippen LogP contribution in [-0.4, -0.2) is 11.8 Å². The van der Waals surface area contributed by atoms with Crippen molar-refractivity contribution in [2.75, 3.05) is 10.6 Å². The fraction of sp³-hybridized carbons (Fsp3) is 0.130. The summed E-state index contributed by atoms with van der Waals surface area (Å²) >= 11 is 1.78. The van der Waals surface area contributed by atoms with Crippen LogP contribution in [0.2, 0.25) is 0 Å². The zero-order valence-corrected chi connectivity index (χ0v) is 18.0. The summed E-state index contributed by atoms with van der Waals surface area (Å²) in [5, 5.41) is 5.89. The molecule has 1 heterocycles. The second kappa shape index (κ2) is 7.97. The minimum absolute atomic E-state index is 0.133. The number of carbonyl (C=O) groups is 2. The van der Waals surface area contributed by atoms with Crippen molar-refractivity contribution >= 4 is 45.8 Å². The summed E-state index contributed by atoms with van der Waals surface area (Å²) in [5.41, 5.74) is 2.33.